The summed E-state index contributed by atoms with van der Waals surface area (Å²) in [6.45, 7) is 8.58. The maximum absolute atomic E-state index is 11.1. The van der Waals surface area contributed by atoms with Gasteiger partial charge in [-0.1, -0.05) is 20.8 Å². The number of esters is 1. The minimum absolute atomic E-state index is 0.226. The molecule has 0 saturated carbocycles. The van der Waals surface area contributed by atoms with E-state index in [9.17, 15) is 4.79 Å². The Morgan fingerprint density at radius 2 is 2.00 bits per heavy atom. The van der Waals surface area contributed by atoms with Crippen LogP contribution in [0.4, 0.5) is 0 Å². The number of ether oxygens (including phenoxy) is 1. The Morgan fingerprint density at radius 1 is 1.46 bits per heavy atom. The average Bonchev–Trinajstić information content (AvgIpc) is 1.99. The maximum atomic E-state index is 11.1. The van der Waals surface area contributed by atoms with Gasteiger partial charge in [0.1, 0.15) is 6.04 Å². The molecule has 0 unspecified atom stereocenters. The molecule has 0 radical (unpaired) electrons. The lowest BCUT2D eigenvalue weighted by Gasteiger charge is -2.19. The van der Waals surface area contributed by atoms with Gasteiger partial charge in [-0.15, -0.1) is 0 Å². The van der Waals surface area contributed by atoms with Crippen molar-refractivity contribution in [2.75, 3.05) is 6.61 Å². The smallest absolute Gasteiger partial charge is 0.322 e. The van der Waals surface area contributed by atoms with Gasteiger partial charge in [-0.25, -0.2) is 0 Å². The van der Waals surface area contributed by atoms with Crippen LogP contribution >= 0.6 is 0 Å². The molecule has 13 heavy (non-hydrogen) atoms. The van der Waals surface area contributed by atoms with Crippen LogP contribution in [0.2, 0.25) is 0 Å². The van der Waals surface area contributed by atoms with Gasteiger partial charge < -0.3 is 10.5 Å². The lowest BCUT2D eigenvalue weighted by atomic mass is 9.89. The zero-order valence-electron chi connectivity index (χ0n) is 9.09. The third-order valence-corrected chi connectivity index (χ3v) is 1.79. The summed E-state index contributed by atoms with van der Waals surface area (Å²) in [6.07, 6.45) is 1.63. The van der Waals surface area contributed by atoms with E-state index >= 15 is 0 Å². The summed E-state index contributed by atoms with van der Waals surface area (Å²) in [4.78, 5) is 11.1. The second-order valence-electron chi connectivity index (χ2n) is 4.46. The summed E-state index contributed by atoms with van der Waals surface area (Å²) in [5.41, 5.74) is 5.86. The molecule has 0 spiro atoms. The van der Waals surface area contributed by atoms with Gasteiger partial charge in [0.25, 0.3) is 0 Å². The van der Waals surface area contributed by atoms with Gasteiger partial charge in [0.15, 0.2) is 0 Å². The van der Waals surface area contributed by atoms with Crippen molar-refractivity contribution in [3.8, 4) is 0 Å². The van der Waals surface area contributed by atoms with Crippen LogP contribution in [0.15, 0.2) is 0 Å². The van der Waals surface area contributed by atoms with E-state index in [4.69, 9.17) is 10.5 Å². The lowest BCUT2D eigenvalue weighted by molar-refractivity contribution is -0.144. The second-order valence-corrected chi connectivity index (χ2v) is 4.46. The largest absolute Gasteiger partial charge is 0.465 e. The SMILES string of the molecule is CCOC(=O)[C@@H](N)CCC(C)(C)C. The number of hydrogen-bond donors (Lipinski definition) is 1. The first-order chi connectivity index (χ1) is 5.87. The van der Waals surface area contributed by atoms with Crippen LogP contribution in [-0.4, -0.2) is 18.6 Å². The van der Waals surface area contributed by atoms with Crippen LogP contribution < -0.4 is 5.73 Å². The third kappa shape index (κ3) is 6.58. The number of nitrogens with two attached hydrogens (primary N) is 1. The fourth-order valence-electron chi connectivity index (χ4n) is 0.956. The van der Waals surface area contributed by atoms with Crippen molar-refractivity contribution in [3.63, 3.8) is 0 Å². The highest BCUT2D eigenvalue weighted by molar-refractivity contribution is 5.75. The summed E-state index contributed by atoms with van der Waals surface area (Å²) in [7, 11) is 0. The maximum Gasteiger partial charge on any atom is 0.322 e. The van der Waals surface area contributed by atoms with Crippen molar-refractivity contribution in [3.05, 3.63) is 0 Å². The fourth-order valence-corrected chi connectivity index (χ4v) is 0.956. The van der Waals surface area contributed by atoms with Gasteiger partial charge >= 0.3 is 5.97 Å². The van der Waals surface area contributed by atoms with Gasteiger partial charge in [-0.3, -0.25) is 4.79 Å². The van der Waals surface area contributed by atoms with E-state index in [0.717, 1.165) is 6.42 Å². The molecule has 1 atom stereocenters. The quantitative estimate of drug-likeness (QED) is 0.681. The molecule has 0 aliphatic carbocycles. The second kappa shape index (κ2) is 5.22. The van der Waals surface area contributed by atoms with Crippen LogP contribution in [0.25, 0.3) is 0 Å². The van der Waals surface area contributed by atoms with E-state index in [0.29, 0.717) is 13.0 Å². The van der Waals surface area contributed by atoms with Crippen molar-refractivity contribution < 1.29 is 9.53 Å². The first-order valence-electron chi connectivity index (χ1n) is 4.79. The number of carbonyl (C=O) groups is 1. The average molecular weight is 187 g/mol. The highest BCUT2D eigenvalue weighted by Crippen LogP contribution is 2.21. The van der Waals surface area contributed by atoms with Gasteiger partial charge in [-0.05, 0) is 25.2 Å². The number of hydrogen-bond acceptors (Lipinski definition) is 3. The van der Waals surface area contributed by atoms with Crippen LogP contribution in [0.1, 0.15) is 40.5 Å². The lowest BCUT2D eigenvalue weighted by Crippen LogP contribution is -2.33. The molecule has 0 aromatic heterocycles. The monoisotopic (exact) mass is 187 g/mol. The van der Waals surface area contributed by atoms with E-state index in [1.807, 2.05) is 0 Å². The van der Waals surface area contributed by atoms with Crippen LogP contribution in [-0.2, 0) is 9.53 Å². The summed E-state index contributed by atoms with van der Waals surface area (Å²) in [5.74, 6) is -0.285. The molecule has 0 heterocycles. The predicted octanol–water partition coefficient (Wildman–Crippen LogP) is 1.70. The minimum atomic E-state index is -0.459. The summed E-state index contributed by atoms with van der Waals surface area (Å²) in [6, 6.07) is -0.459. The van der Waals surface area contributed by atoms with E-state index in [1.54, 1.807) is 6.92 Å². The fraction of sp³-hybridized carbons (Fsp3) is 0.900. The van der Waals surface area contributed by atoms with Gasteiger partial charge in [0, 0.05) is 0 Å². The van der Waals surface area contributed by atoms with E-state index < -0.39 is 6.04 Å². The van der Waals surface area contributed by atoms with E-state index in [1.165, 1.54) is 0 Å². The Bertz CT molecular complexity index is 161. The highest BCUT2D eigenvalue weighted by atomic mass is 16.5. The predicted molar refractivity (Wildman–Crippen MR) is 53.3 cm³/mol. The molecule has 0 bridgehead atoms. The Labute approximate surface area is 80.6 Å². The van der Waals surface area contributed by atoms with Crippen molar-refractivity contribution >= 4 is 5.97 Å². The first-order valence-corrected chi connectivity index (χ1v) is 4.79. The Hall–Kier alpha value is -0.570. The minimum Gasteiger partial charge on any atom is -0.465 e. The molecule has 0 aromatic rings. The van der Waals surface area contributed by atoms with Crippen molar-refractivity contribution in [1.29, 1.82) is 0 Å². The van der Waals surface area contributed by atoms with Crippen molar-refractivity contribution in [2.24, 2.45) is 11.1 Å². The Morgan fingerprint density at radius 3 is 2.38 bits per heavy atom. The molecule has 0 amide bonds. The molecule has 0 aliphatic rings. The van der Waals surface area contributed by atoms with Crippen LogP contribution in [0.3, 0.4) is 0 Å². The number of rotatable bonds is 4. The van der Waals surface area contributed by atoms with Crippen LogP contribution in [0.5, 0.6) is 0 Å². The molecular weight excluding hydrogens is 166 g/mol. The molecule has 78 valence electrons. The highest BCUT2D eigenvalue weighted by Gasteiger charge is 2.18. The molecule has 2 N–H and O–H groups in total. The topological polar surface area (TPSA) is 52.3 Å². The van der Waals surface area contributed by atoms with Crippen molar-refractivity contribution in [1.82, 2.24) is 0 Å². The standard InChI is InChI=1S/C10H21NO2/c1-5-13-9(12)8(11)6-7-10(2,3)4/h8H,5-7,11H2,1-4H3/t8-/m0/s1. The van der Waals surface area contributed by atoms with Gasteiger partial charge in [0.05, 0.1) is 6.61 Å². The van der Waals surface area contributed by atoms with Crippen molar-refractivity contribution in [2.45, 2.75) is 46.6 Å². The third-order valence-electron chi connectivity index (χ3n) is 1.79. The molecule has 3 heteroatoms. The van der Waals surface area contributed by atoms with E-state index in [-0.39, 0.29) is 11.4 Å². The van der Waals surface area contributed by atoms with Gasteiger partial charge in [0.2, 0.25) is 0 Å². The van der Waals surface area contributed by atoms with Crippen LogP contribution in [0, 0.1) is 5.41 Å². The molecule has 3 nitrogen and oxygen atoms in total. The summed E-state index contributed by atoms with van der Waals surface area (Å²) >= 11 is 0. The number of carbonyl (C=O) groups excluding carboxylic acids is 1. The zero-order valence-corrected chi connectivity index (χ0v) is 9.09. The zero-order chi connectivity index (χ0) is 10.5. The van der Waals surface area contributed by atoms with Gasteiger partial charge in [-0.2, -0.15) is 0 Å². The Balaban J connectivity index is 3.74. The molecule has 0 aliphatic heterocycles. The normalized spacial score (nSPS) is 13.9. The summed E-state index contributed by atoms with van der Waals surface area (Å²) in [5, 5.41) is 0. The molecule has 0 rings (SSSR count). The Kier molecular flexibility index (Phi) is 4.99. The summed E-state index contributed by atoms with van der Waals surface area (Å²) < 4.78 is 4.80. The molecule has 0 saturated heterocycles. The first kappa shape index (κ1) is 12.4. The molecular formula is C10H21NO2. The van der Waals surface area contributed by atoms with E-state index in [2.05, 4.69) is 20.8 Å². The molecule has 0 aromatic carbocycles. The molecule has 0 fully saturated rings.